The summed E-state index contributed by atoms with van der Waals surface area (Å²) in [6, 6.07) is 18.5. The molecule has 266 valence electrons. The first-order chi connectivity index (χ1) is 24.0. The first kappa shape index (κ1) is 35.0. The minimum atomic E-state index is -4.16. The van der Waals surface area contributed by atoms with E-state index in [0.29, 0.717) is 50.5 Å². The van der Waals surface area contributed by atoms with Crippen LogP contribution in [0.15, 0.2) is 65.6 Å². The van der Waals surface area contributed by atoms with Crippen LogP contribution < -0.4 is 4.72 Å². The lowest BCUT2D eigenvalue weighted by molar-refractivity contribution is 0.0606. The van der Waals surface area contributed by atoms with Crippen LogP contribution in [0.25, 0.3) is 11.0 Å². The van der Waals surface area contributed by atoms with E-state index in [1.807, 2.05) is 12.1 Å². The quantitative estimate of drug-likeness (QED) is 0.184. The molecule has 4 aromatic rings. The summed E-state index contributed by atoms with van der Waals surface area (Å²) in [5.74, 6) is -0.682. The van der Waals surface area contributed by atoms with Gasteiger partial charge in [-0.3, -0.25) is 9.69 Å². The molecule has 3 saturated heterocycles. The van der Waals surface area contributed by atoms with Crippen LogP contribution in [0.5, 0.6) is 0 Å². The number of imidazole rings is 1. The summed E-state index contributed by atoms with van der Waals surface area (Å²) in [6.45, 7) is 5.67. The van der Waals surface area contributed by atoms with E-state index in [2.05, 4.69) is 39.3 Å². The number of halogens is 3. The zero-order chi connectivity index (χ0) is 35.2. The van der Waals surface area contributed by atoms with E-state index in [-0.39, 0.29) is 28.4 Å². The van der Waals surface area contributed by atoms with E-state index in [4.69, 9.17) is 16.6 Å². The zero-order valence-electron chi connectivity index (χ0n) is 28.5. The molecular formula is C38H44ClF2N5O3S. The minimum absolute atomic E-state index is 0.0523. The van der Waals surface area contributed by atoms with Crippen LogP contribution in [-0.4, -0.2) is 71.9 Å². The number of carbonyl (C=O) groups excluding carboxylic acids is 1. The fourth-order valence-electron chi connectivity index (χ4n) is 8.81. The maximum atomic E-state index is 14.8. The smallest absolute Gasteiger partial charge is 0.255 e. The lowest BCUT2D eigenvalue weighted by Gasteiger charge is -2.45. The molecule has 3 aliphatic heterocycles. The van der Waals surface area contributed by atoms with Crippen LogP contribution >= 0.6 is 11.6 Å². The summed E-state index contributed by atoms with van der Waals surface area (Å²) in [7, 11) is -4.16. The molecule has 3 aromatic carbocycles. The number of benzene rings is 3. The lowest BCUT2D eigenvalue weighted by atomic mass is 9.70. The lowest BCUT2D eigenvalue weighted by Crippen LogP contribution is -2.49. The molecule has 0 saturated carbocycles. The molecule has 1 aromatic heterocycles. The molecule has 7 rings (SSSR count). The molecule has 3 fully saturated rings. The topological polar surface area (TPSA) is 87.5 Å². The Morgan fingerprint density at radius 1 is 1.00 bits per heavy atom. The molecule has 2 unspecified atom stereocenters. The summed E-state index contributed by atoms with van der Waals surface area (Å²) in [6.07, 6.45) is 7.02. The van der Waals surface area contributed by atoms with Gasteiger partial charge in [-0.1, -0.05) is 42.8 Å². The SMILES string of the molecule is CCCNS(=O)(=O)c1cc(C(=O)N2CCC(CCN3C4CCC3CC(n3c(C)nc5ccccc53)C4)(c3cccc(F)c3)CC2)c(Cl)cc1F. The Morgan fingerprint density at radius 2 is 1.72 bits per heavy atom. The average Bonchev–Trinajstić information content (AvgIpc) is 3.56. The van der Waals surface area contributed by atoms with E-state index >= 15 is 0 Å². The zero-order valence-corrected chi connectivity index (χ0v) is 30.1. The Bertz CT molecular complexity index is 2000. The molecule has 4 heterocycles. The predicted octanol–water partition coefficient (Wildman–Crippen LogP) is 7.40. The monoisotopic (exact) mass is 723 g/mol. The van der Waals surface area contributed by atoms with Crippen molar-refractivity contribution in [2.24, 2.45) is 0 Å². The van der Waals surface area contributed by atoms with Crippen molar-refractivity contribution in [2.45, 2.75) is 93.7 Å². The first-order valence-corrected chi connectivity index (χ1v) is 19.6. The van der Waals surface area contributed by atoms with Gasteiger partial charge in [-0.2, -0.15) is 0 Å². The largest absolute Gasteiger partial charge is 0.339 e. The number of nitrogens with one attached hydrogen (secondary N) is 1. The average molecular weight is 724 g/mol. The fraction of sp³-hybridized carbons (Fsp3) is 0.474. The van der Waals surface area contributed by atoms with Gasteiger partial charge in [-0.25, -0.2) is 26.9 Å². The van der Waals surface area contributed by atoms with Gasteiger partial charge < -0.3 is 9.47 Å². The van der Waals surface area contributed by atoms with E-state index in [0.717, 1.165) is 67.7 Å². The van der Waals surface area contributed by atoms with Crippen molar-refractivity contribution in [1.82, 2.24) is 24.1 Å². The van der Waals surface area contributed by atoms with Gasteiger partial charge in [0.2, 0.25) is 10.0 Å². The highest BCUT2D eigenvalue weighted by molar-refractivity contribution is 7.89. The number of amides is 1. The molecule has 0 spiro atoms. The minimum Gasteiger partial charge on any atom is -0.339 e. The normalized spacial score (nSPS) is 22.3. The van der Waals surface area contributed by atoms with E-state index in [9.17, 15) is 22.0 Å². The van der Waals surface area contributed by atoms with Gasteiger partial charge in [-0.05, 0) is 112 Å². The Labute approximate surface area is 297 Å². The number of para-hydroxylation sites is 2. The predicted molar refractivity (Wildman–Crippen MR) is 191 cm³/mol. The van der Waals surface area contributed by atoms with Crippen molar-refractivity contribution < 1.29 is 22.0 Å². The summed E-state index contributed by atoms with van der Waals surface area (Å²) in [4.78, 5) is 22.4. The summed E-state index contributed by atoms with van der Waals surface area (Å²) < 4.78 is 59.8. The third-order valence-corrected chi connectivity index (χ3v) is 13.2. The van der Waals surface area contributed by atoms with Gasteiger partial charge in [0.05, 0.1) is 21.6 Å². The van der Waals surface area contributed by atoms with Crippen molar-refractivity contribution in [3.63, 3.8) is 0 Å². The number of rotatable bonds is 10. The molecule has 0 aliphatic carbocycles. The number of fused-ring (bicyclic) bond motifs is 3. The van der Waals surface area contributed by atoms with Gasteiger partial charge in [0.1, 0.15) is 22.4 Å². The molecule has 1 amide bonds. The number of nitrogens with zero attached hydrogens (tertiary/aromatic N) is 4. The number of aromatic nitrogens is 2. The van der Waals surface area contributed by atoms with Gasteiger partial charge in [0, 0.05) is 37.8 Å². The molecule has 12 heteroatoms. The molecule has 2 bridgehead atoms. The number of hydrogen-bond acceptors (Lipinski definition) is 5. The first-order valence-electron chi connectivity index (χ1n) is 17.7. The Hall–Kier alpha value is -3.38. The number of piperidine rings is 2. The van der Waals surface area contributed by atoms with Crippen LogP contribution in [0, 0.1) is 18.6 Å². The number of sulfonamides is 1. The fourth-order valence-corrected chi connectivity index (χ4v) is 10.3. The molecule has 8 nitrogen and oxygen atoms in total. The van der Waals surface area contributed by atoms with Crippen LogP contribution in [0.1, 0.15) is 86.1 Å². The maximum Gasteiger partial charge on any atom is 0.255 e. The maximum absolute atomic E-state index is 14.8. The van der Waals surface area contributed by atoms with Crippen molar-refractivity contribution in [1.29, 1.82) is 0 Å². The summed E-state index contributed by atoms with van der Waals surface area (Å²) >= 11 is 6.33. The Kier molecular flexibility index (Phi) is 9.79. The second kappa shape index (κ2) is 14.0. The molecule has 1 N–H and O–H groups in total. The van der Waals surface area contributed by atoms with Crippen molar-refractivity contribution in [3.8, 4) is 0 Å². The van der Waals surface area contributed by atoms with Crippen molar-refractivity contribution in [3.05, 3.63) is 94.3 Å². The third kappa shape index (κ3) is 6.58. The van der Waals surface area contributed by atoms with E-state index in [1.54, 1.807) is 24.0 Å². The van der Waals surface area contributed by atoms with Crippen LogP contribution in [0.4, 0.5) is 8.78 Å². The second-order valence-electron chi connectivity index (χ2n) is 14.3. The highest BCUT2D eigenvalue weighted by atomic mass is 35.5. The van der Waals surface area contributed by atoms with Crippen molar-refractivity contribution in [2.75, 3.05) is 26.2 Å². The van der Waals surface area contributed by atoms with Crippen LogP contribution in [0.2, 0.25) is 5.02 Å². The highest BCUT2D eigenvalue weighted by Gasteiger charge is 2.44. The van der Waals surface area contributed by atoms with E-state index in [1.165, 1.54) is 11.6 Å². The Morgan fingerprint density at radius 3 is 2.42 bits per heavy atom. The summed E-state index contributed by atoms with van der Waals surface area (Å²) in [5, 5.41) is -0.137. The number of aryl methyl sites for hydroxylation is 1. The summed E-state index contributed by atoms with van der Waals surface area (Å²) in [5.41, 5.74) is 2.77. The molecule has 0 radical (unpaired) electrons. The van der Waals surface area contributed by atoms with Crippen LogP contribution in [-0.2, 0) is 15.4 Å². The molecular weight excluding hydrogens is 680 g/mol. The Balaban J connectivity index is 1.08. The van der Waals surface area contributed by atoms with Gasteiger partial charge >= 0.3 is 0 Å². The van der Waals surface area contributed by atoms with Gasteiger partial charge in [-0.15, -0.1) is 0 Å². The van der Waals surface area contributed by atoms with E-state index < -0.39 is 26.6 Å². The highest BCUT2D eigenvalue weighted by Crippen LogP contribution is 2.45. The molecule has 50 heavy (non-hydrogen) atoms. The van der Waals surface area contributed by atoms with Gasteiger partial charge in [0.15, 0.2) is 0 Å². The van der Waals surface area contributed by atoms with Gasteiger partial charge in [0.25, 0.3) is 5.91 Å². The third-order valence-electron chi connectivity index (χ3n) is 11.4. The molecule has 2 atom stereocenters. The standard InChI is InChI=1S/C38H44ClF2N5O3S/c1-3-16-42-50(48,49)36-23-31(32(39)24-33(36)41)37(47)44-17-13-38(14-18-44,26-7-6-8-27(40)20-26)15-19-45-28-11-12-29(45)22-30(21-28)46-25(2)43-34-9-4-5-10-35(34)46/h4-10,20,23-24,28-30,42H,3,11-19,21-22H2,1-2H3. The van der Waals surface area contributed by atoms with Crippen LogP contribution in [0.3, 0.4) is 0 Å². The second-order valence-corrected chi connectivity index (χ2v) is 16.4. The number of hydrogen-bond donors (Lipinski definition) is 1. The number of carbonyl (C=O) groups is 1. The molecule has 3 aliphatic rings. The van der Waals surface area contributed by atoms with Crippen molar-refractivity contribution >= 4 is 38.6 Å². The number of likely N-dealkylation sites (tertiary alicyclic amines) is 1.